The molecule has 0 aliphatic heterocycles. The summed E-state index contributed by atoms with van der Waals surface area (Å²) >= 11 is 0. The first-order valence-corrected chi connectivity index (χ1v) is 9.26. The molecule has 1 aliphatic rings. The van der Waals surface area contributed by atoms with Crippen LogP contribution in [0, 0.1) is 13.8 Å². The van der Waals surface area contributed by atoms with E-state index in [0.717, 1.165) is 6.42 Å². The van der Waals surface area contributed by atoms with Gasteiger partial charge < -0.3 is 0 Å². The summed E-state index contributed by atoms with van der Waals surface area (Å²) in [7, 11) is 0. The van der Waals surface area contributed by atoms with Crippen LogP contribution in [0.3, 0.4) is 0 Å². The molecule has 3 rings (SSSR count). The second-order valence-electron chi connectivity index (χ2n) is 6.03. The standard InChI is InChI=1S/C19H20O.2C2H6/c1-14-3-7-16(8-4-14)19(12-11-18(20)13-19)17-9-5-15(2)6-10-17;2*1-2/h3-10H,11-13H2,1-2H3;2*1-2H3. The molecule has 0 radical (unpaired) electrons. The molecule has 0 heterocycles. The normalized spacial score (nSPS) is 15.0. The van der Waals surface area contributed by atoms with E-state index in [0.29, 0.717) is 18.6 Å². The topological polar surface area (TPSA) is 17.1 Å². The Morgan fingerprint density at radius 2 is 1.08 bits per heavy atom. The van der Waals surface area contributed by atoms with Crippen molar-refractivity contribution in [2.75, 3.05) is 0 Å². The molecule has 2 aromatic carbocycles. The van der Waals surface area contributed by atoms with Crippen LogP contribution in [-0.4, -0.2) is 5.78 Å². The van der Waals surface area contributed by atoms with Gasteiger partial charge in [-0.2, -0.15) is 0 Å². The Labute approximate surface area is 148 Å². The highest BCUT2D eigenvalue weighted by atomic mass is 16.1. The average molecular weight is 325 g/mol. The molecule has 0 spiro atoms. The summed E-state index contributed by atoms with van der Waals surface area (Å²) in [6, 6.07) is 17.3. The summed E-state index contributed by atoms with van der Waals surface area (Å²) in [6.45, 7) is 12.2. The van der Waals surface area contributed by atoms with Crippen molar-refractivity contribution in [2.24, 2.45) is 0 Å². The van der Waals surface area contributed by atoms with Crippen molar-refractivity contribution in [2.45, 2.75) is 66.2 Å². The lowest BCUT2D eigenvalue weighted by molar-refractivity contribution is -0.117. The summed E-state index contributed by atoms with van der Waals surface area (Å²) in [5, 5.41) is 0. The van der Waals surface area contributed by atoms with Crippen LogP contribution in [0.1, 0.15) is 69.2 Å². The van der Waals surface area contributed by atoms with Crippen molar-refractivity contribution in [1.29, 1.82) is 0 Å². The SMILES string of the molecule is CC.CC.Cc1ccc(C2(c3ccc(C)cc3)CCC(=O)C2)cc1. The molecule has 0 N–H and O–H groups in total. The highest BCUT2D eigenvalue weighted by Crippen LogP contribution is 2.45. The van der Waals surface area contributed by atoms with E-state index >= 15 is 0 Å². The second kappa shape index (κ2) is 9.42. The summed E-state index contributed by atoms with van der Waals surface area (Å²) in [5.41, 5.74) is 4.96. The van der Waals surface area contributed by atoms with Gasteiger partial charge >= 0.3 is 0 Å². The van der Waals surface area contributed by atoms with Crippen molar-refractivity contribution in [3.8, 4) is 0 Å². The van der Waals surface area contributed by atoms with Crippen LogP contribution >= 0.6 is 0 Å². The smallest absolute Gasteiger partial charge is 0.134 e. The van der Waals surface area contributed by atoms with Crippen LogP contribution in [-0.2, 0) is 10.2 Å². The van der Waals surface area contributed by atoms with Crippen molar-refractivity contribution >= 4 is 5.78 Å². The third kappa shape index (κ3) is 4.35. The first-order valence-electron chi connectivity index (χ1n) is 9.26. The van der Waals surface area contributed by atoms with Crippen LogP contribution in [0.15, 0.2) is 48.5 Å². The van der Waals surface area contributed by atoms with Crippen LogP contribution in [0.25, 0.3) is 0 Å². The highest BCUT2D eigenvalue weighted by Gasteiger charge is 2.41. The number of ketones is 1. The molecule has 1 nitrogen and oxygen atoms in total. The van der Waals surface area contributed by atoms with Gasteiger partial charge in [-0.3, -0.25) is 4.79 Å². The van der Waals surface area contributed by atoms with Gasteiger partial charge in [-0.1, -0.05) is 87.4 Å². The number of aryl methyl sites for hydroxylation is 2. The number of carbonyl (C=O) groups excluding carboxylic acids is 1. The molecule has 1 fully saturated rings. The lowest BCUT2D eigenvalue weighted by atomic mass is 9.73. The molecule has 0 unspecified atom stereocenters. The van der Waals surface area contributed by atoms with E-state index in [1.54, 1.807) is 0 Å². The van der Waals surface area contributed by atoms with Gasteiger partial charge in [0.25, 0.3) is 0 Å². The molecule has 0 amide bonds. The van der Waals surface area contributed by atoms with Crippen LogP contribution in [0.5, 0.6) is 0 Å². The molecule has 1 saturated carbocycles. The number of carbonyl (C=O) groups is 1. The molecule has 2 aromatic rings. The van der Waals surface area contributed by atoms with Gasteiger partial charge in [0, 0.05) is 18.3 Å². The minimum absolute atomic E-state index is 0.113. The minimum Gasteiger partial charge on any atom is -0.300 e. The minimum atomic E-state index is -0.113. The average Bonchev–Trinajstić information content (AvgIpc) is 3.03. The fourth-order valence-corrected chi connectivity index (χ4v) is 3.27. The van der Waals surface area contributed by atoms with Gasteiger partial charge in [-0.15, -0.1) is 0 Å². The quantitative estimate of drug-likeness (QED) is 0.625. The van der Waals surface area contributed by atoms with Crippen LogP contribution in [0.4, 0.5) is 0 Å². The summed E-state index contributed by atoms with van der Waals surface area (Å²) in [6.07, 6.45) is 2.26. The zero-order chi connectivity index (χ0) is 18.2. The van der Waals surface area contributed by atoms with Gasteiger partial charge in [-0.25, -0.2) is 0 Å². The van der Waals surface area contributed by atoms with Crippen molar-refractivity contribution < 1.29 is 4.79 Å². The largest absolute Gasteiger partial charge is 0.300 e. The second-order valence-corrected chi connectivity index (χ2v) is 6.03. The molecule has 0 saturated heterocycles. The Balaban J connectivity index is 0.000000671. The fourth-order valence-electron chi connectivity index (χ4n) is 3.27. The fraction of sp³-hybridized carbons (Fsp3) is 0.435. The predicted molar refractivity (Wildman–Crippen MR) is 105 cm³/mol. The first kappa shape index (κ1) is 20.2. The Morgan fingerprint density at radius 1 is 0.708 bits per heavy atom. The highest BCUT2D eigenvalue weighted by molar-refractivity contribution is 5.84. The molecule has 0 atom stereocenters. The number of Topliss-reactive ketones (excluding diaryl/α,β-unsaturated/α-hetero) is 1. The Morgan fingerprint density at radius 3 is 1.38 bits per heavy atom. The maximum atomic E-state index is 11.9. The Kier molecular flexibility index (Phi) is 7.91. The lowest BCUT2D eigenvalue weighted by Gasteiger charge is -2.30. The molecular weight excluding hydrogens is 292 g/mol. The molecule has 0 bridgehead atoms. The van der Waals surface area contributed by atoms with Gasteiger partial charge in [0.2, 0.25) is 0 Å². The summed E-state index contributed by atoms with van der Waals surface area (Å²) < 4.78 is 0. The lowest BCUT2D eigenvalue weighted by Crippen LogP contribution is -2.24. The third-order valence-corrected chi connectivity index (χ3v) is 4.54. The van der Waals surface area contributed by atoms with E-state index in [2.05, 4.69) is 62.4 Å². The van der Waals surface area contributed by atoms with E-state index in [9.17, 15) is 4.79 Å². The predicted octanol–water partition coefficient (Wildman–Crippen LogP) is 6.39. The molecule has 1 aliphatic carbocycles. The number of hydrogen-bond donors (Lipinski definition) is 0. The van der Waals surface area contributed by atoms with Gasteiger partial charge in [0.1, 0.15) is 5.78 Å². The summed E-state index contributed by atoms with van der Waals surface area (Å²) in [4.78, 5) is 11.9. The molecule has 0 aromatic heterocycles. The zero-order valence-corrected chi connectivity index (χ0v) is 16.1. The molecule has 1 heteroatoms. The van der Waals surface area contributed by atoms with Crippen LogP contribution < -0.4 is 0 Å². The summed E-state index contributed by atoms with van der Waals surface area (Å²) in [5.74, 6) is 0.381. The number of benzene rings is 2. The maximum absolute atomic E-state index is 11.9. The van der Waals surface area contributed by atoms with Crippen molar-refractivity contribution in [3.05, 3.63) is 70.8 Å². The van der Waals surface area contributed by atoms with Gasteiger partial charge in [0.15, 0.2) is 0 Å². The Hall–Kier alpha value is -1.89. The van der Waals surface area contributed by atoms with E-state index in [1.807, 2.05) is 27.7 Å². The van der Waals surface area contributed by atoms with Crippen molar-refractivity contribution in [3.63, 3.8) is 0 Å². The van der Waals surface area contributed by atoms with E-state index in [-0.39, 0.29) is 5.41 Å². The van der Waals surface area contributed by atoms with E-state index in [1.165, 1.54) is 22.3 Å². The van der Waals surface area contributed by atoms with Crippen molar-refractivity contribution in [1.82, 2.24) is 0 Å². The van der Waals surface area contributed by atoms with E-state index in [4.69, 9.17) is 0 Å². The Bertz CT molecular complexity index is 575. The van der Waals surface area contributed by atoms with Gasteiger partial charge in [0.05, 0.1) is 0 Å². The zero-order valence-electron chi connectivity index (χ0n) is 16.1. The maximum Gasteiger partial charge on any atom is 0.134 e. The molecular formula is C23H32O. The van der Waals surface area contributed by atoms with Crippen LogP contribution in [0.2, 0.25) is 0 Å². The number of hydrogen-bond acceptors (Lipinski definition) is 1. The number of rotatable bonds is 2. The molecule has 130 valence electrons. The van der Waals surface area contributed by atoms with E-state index < -0.39 is 0 Å². The molecule has 24 heavy (non-hydrogen) atoms. The third-order valence-electron chi connectivity index (χ3n) is 4.54. The first-order chi connectivity index (χ1) is 11.6. The van der Waals surface area contributed by atoms with Gasteiger partial charge in [-0.05, 0) is 31.4 Å². The monoisotopic (exact) mass is 324 g/mol.